The van der Waals surface area contributed by atoms with E-state index in [1.165, 1.54) is 6.47 Å². The van der Waals surface area contributed by atoms with Crippen LogP contribution in [-0.2, 0) is 42.2 Å². The zero-order valence-corrected chi connectivity index (χ0v) is 8.73. The van der Waals surface area contributed by atoms with Gasteiger partial charge in [-0.2, -0.15) is 0 Å². The zero-order valence-electron chi connectivity index (χ0n) is 5.89. The van der Waals surface area contributed by atoms with Crippen molar-refractivity contribution in [3.05, 3.63) is 0 Å². The molecule has 0 spiro atoms. The summed E-state index contributed by atoms with van der Waals surface area (Å²) in [5.74, 6) is 0. The van der Waals surface area contributed by atoms with Crippen molar-refractivity contribution in [1.82, 2.24) is 0 Å². The summed E-state index contributed by atoms with van der Waals surface area (Å²) in [6, 6.07) is 0. The van der Waals surface area contributed by atoms with Crippen molar-refractivity contribution in [2.24, 2.45) is 0 Å². The summed E-state index contributed by atoms with van der Waals surface area (Å²) in [6.45, 7) is 6.73. The molecule has 2 N–H and O–H groups in total. The molecule has 0 saturated carbocycles. The first-order valence-corrected chi connectivity index (χ1v) is 2.11. The molecule has 4 heteroatoms. The van der Waals surface area contributed by atoms with E-state index in [2.05, 4.69) is 4.74 Å². The molecule has 0 heterocycles. The van der Waals surface area contributed by atoms with Gasteiger partial charge in [-0.3, -0.25) is 0 Å². The van der Waals surface area contributed by atoms with Crippen molar-refractivity contribution >= 4 is 6.47 Å². The predicted molar refractivity (Wildman–Crippen MR) is 30.1 cm³/mol. The Bertz CT molecular complexity index is 67.1. The SMILES string of the molecule is CC(C)(C)O[C-]=O.O.[Y]. The van der Waals surface area contributed by atoms with E-state index in [-0.39, 0.29) is 43.8 Å². The monoisotopic (exact) mass is 208 g/mol. The van der Waals surface area contributed by atoms with Crippen LogP contribution in [0.4, 0.5) is 0 Å². The van der Waals surface area contributed by atoms with Crippen molar-refractivity contribution < 1.29 is 47.7 Å². The normalized spacial score (nSPS) is 8.33. The third-order valence-corrected chi connectivity index (χ3v) is 0.348. The van der Waals surface area contributed by atoms with Gasteiger partial charge in [0.25, 0.3) is 0 Å². The first kappa shape index (κ1) is 16.3. The van der Waals surface area contributed by atoms with Crippen LogP contribution in [-0.4, -0.2) is 17.5 Å². The minimum absolute atomic E-state index is 0. The molecule has 0 atom stereocenters. The second-order valence-corrected chi connectivity index (χ2v) is 2.30. The maximum atomic E-state index is 9.47. The van der Waals surface area contributed by atoms with Gasteiger partial charge in [-0.15, -0.1) is 0 Å². The summed E-state index contributed by atoms with van der Waals surface area (Å²) < 4.78 is 4.42. The molecule has 9 heavy (non-hydrogen) atoms. The topological polar surface area (TPSA) is 57.8 Å². The van der Waals surface area contributed by atoms with Crippen molar-refractivity contribution in [1.29, 1.82) is 0 Å². The average molecular weight is 208 g/mol. The third-order valence-electron chi connectivity index (χ3n) is 0.348. The van der Waals surface area contributed by atoms with Crippen LogP contribution in [0.15, 0.2) is 0 Å². The van der Waals surface area contributed by atoms with Crippen LogP contribution in [0.1, 0.15) is 20.8 Å². The first-order valence-electron chi connectivity index (χ1n) is 2.11. The smallest absolute Gasteiger partial charge is 0.0623 e. The molecule has 0 rings (SSSR count). The Kier molecular flexibility index (Phi) is 12.0. The van der Waals surface area contributed by atoms with E-state index in [9.17, 15) is 4.79 Å². The Morgan fingerprint density at radius 3 is 1.67 bits per heavy atom. The summed E-state index contributed by atoms with van der Waals surface area (Å²) in [5.41, 5.74) is -0.373. The van der Waals surface area contributed by atoms with Crippen LogP contribution in [0.25, 0.3) is 0 Å². The third kappa shape index (κ3) is 17.7. The van der Waals surface area contributed by atoms with Gasteiger partial charge in [0.1, 0.15) is 0 Å². The number of hydrogen-bond acceptors (Lipinski definition) is 2. The van der Waals surface area contributed by atoms with Gasteiger partial charge >= 0.3 is 0 Å². The first-order chi connectivity index (χ1) is 3.06. The summed E-state index contributed by atoms with van der Waals surface area (Å²) in [5, 5.41) is 0. The molecule has 3 nitrogen and oxygen atoms in total. The molecule has 0 aliphatic heterocycles. The maximum Gasteiger partial charge on any atom is 0.0623 e. The zero-order chi connectivity index (χ0) is 5.91. The summed E-state index contributed by atoms with van der Waals surface area (Å²) >= 11 is 0. The van der Waals surface area contributed by atoms with E-state index in [1.807, 2.05) is 0 Å². The van der Waals surface area contributed by atoms with E-state index in [0.717, 1.165) is 0 Å². The van der Waals surface area contributed by atoms with Gasteiger partial charge in [0.2, 0.25) is 0 Å². The van der Waals surface area contributed by atoms with Crippen molar-refractivity contribution in [3.63, 3.8) is 0 Å². The number of carbonyl (C=O) groups excluding carboxylic acids is 1. The molecule has 0 aromatic carbocycles. The van der Waals surface area contributed by atoms with Gasteiger partial charge in [0.15, 0.2) is 0 Å². The van der Waals surface area contributed by atoms with E-state index < -0.39 is 0 Å². The fraction of sp³-hybridized carbons (Fsp3) is 0.800. The molecule has 53 valence electrons. The van der Waals surface area contributed by atoms with E-state index >= 15 is 0 Å². The molecule has 0 aliphatic carbocycles. The molecule has 0 unspecified atom stereocenters. The number of ether oxygens (including phenoxy) is 1. The minimum atomic E-state index is -0.373. The Morgan fingerprint density at radius 2 is 1.67 bits per heavy atom. The number of rotatable bonds is 1. The standard InChI is InChI=1S/C5H9O2.H2O.Y/c1-5(2,3)7-4-6;;/h1-3H3;1H2;/q-1;;. The molecular formula is C5H11O3Y-. The van der Waals surface area contributed by atoms with Gasteiger partial charge in [-0.1, -0.05) is 6.47 Å². The van der Waals surface area contributed by atoms with Crippen LogP contribution < -0.4 is 0 Å². The molecule has 0 aliphatic rings. The Labute approximate surface area is 80.3 Å². The van der Waals surface area contributed by atoms with Crippen LogP contribution >= 0.6 is 0 Å². The largest absolute Gasteiger partial charge is 0.649 e. The quantitative estimate of drug-likeness (QED) is 0.571. The molecule has 0 fully saturated rings. The Hall–Kier alpha value is 0.534. The van der Waals surface area contributed by atoms with Gasteiger partial charge in [-0.05, 0) is 20.8 Å². The van der Waals surface area contributed by atoms with Crippen LogP contribution in [0.3, 0.4) is 0 Å². The van der Waals surface area contributed by atoms with Crippen LogP contribution in [0.5, 0.6) is 0 Å². The summed E-state index contributed by atoms with van der Waals surface area (Å²) in [4.78, 5) is 9.47. The molecule has 0 amide bonds. The molecule has 0 aromatic rings. The molecule has 1 radical (unpaired) electrons. The number of hydrogen-bond donors (Lipinski definition) is 0. The summed E-state index contributed by atoms with van der Waals surface area (Å²) in [6.07, 6.45) is 0. The van der Waals surface area contributed by atoms with Gasteiger partial charge < -0.3 is 15.0 Å². The fourth-order valence-electron chi connectivity index (χ4n) is 0.125. The van der Waals surface area contributed by atoms with E-state index in [1.54, 1.807) is 20.8 Å². The Balaban J connectivity index is -0.000000180. The second-order valence-electron chi connectivity index (χ2n) is 2.30. The maximum absolute atomic E-state index is 9.47. The van der Waals surface area contributed by atoms with Crippen molar-refractivity contribution in [2.75, 3.05) is 0 Å². The molecule has 0 bridgehead atoms. The molecule has 0 saturated heterocycles. The van der Waals surface area contributed by atoms with Gasteiger partial charge in [-0.25, -0.2) is 0 Å². The van der Waals surface area contributed by atoms with E-state index in [4.69, 9.17) is 0 Å². The second kappa shape index (κ2) is 6.65. The van der Waals surface area contributed by atoms with Gasteiger partial charge in [0, 0.05) is 32.7 Å². The van der Waals surface area contributed by atoms with Crippen LogP contribution in [0, 0.1) is 0 Å². The predicted octanol–water partition coefficient (Wildman–Crippen LogP) is 0.0415. The van der Waals surface area contributed by atoms with Crippen molar-refractivity contribution in [2.45, 2.75) is 26.4 Å². The minimum Gasteiger partial charge on any atom is -0.649 e. The van der Waals surface area contributed by atoms with E-state index in [0.29, 0.717) is 0 Å². The molecule has 0 aromatic heterocycles. The average Bonchev–Trinajstić information content (AvgIpc) is 1.30. The van der Waals surface area contributed by atoms with Gasteiger partial charge in [0.05, 0.1) is 5.60 Å². The summed E-state index contributed by atoms with van der Waals surface area (Å²) in [7, 11) is 0. The van der Waals surface area contributed by atoms with Crippen molar-refractivity contribution in [3.8, 4) is 0 Å². The van der Waals surface area contributed by atoms with Crippen LogP contribution in [0.2, 0.25) is 0 Å². The molecular weight excluding hydrogens is 197 g/mol. The fourth-order valence-corrected chi connectivity index (χ4v) is 0.125. The Morgan fingerprint density at radius 1 is 1.33 bits per heavy atom.